The summed E-state index contributed by atoms with van der Waals surface area (Å²) in [6.45, 7) is 2.62. The van der Waals surface area contributed by atoms with E-state index in [0.717, 1.165) is 36.6 Å². The van der Waals surface area contributed by atoms with Crippen LogP contribution in [0.1, 0.15) is 6.42 Å². The van der Waals surface area contributed by atoms with Crippen LogP contribution in [-0.2, 0) is 16.2 Å². The van der Waals surface area contributed by atoms with Gasteiger partial charge in [0, 0.05) is 24.5 Å². The minimum atomic E-state index is -0.567. The van der Waals surface area contributed by atoms with E-state index in [9.17, 15) is 0 Å². The van der Waals surface area contributed by atoms with Crippen LogP contribution in [0.15, 0.2) is 18.2 Å². The van der Waals surface area contributed by atoms with Gasteiger partial charge in [0.15, 0.2) is 5.82 Å². The maximum absolute atomic E-state index is 6.08. The van der Waals surface area contributed by atoms with Crippen molar-refractivity contribution in [3.05, 3.63) is 18.2 Å². The quantitative estimate of drug-likeness (QED) is 0.505. The third-order valence-electron chi connectivity index (χ3n) is 4.21. The predicted molar refractivity (Wildman–Crippen MR) is 107 cm³/mol. The molecule has 0 saturated carbocycles. The molecule has 1 aromatic heterocycles. The van der Waals surface area contributed by atoms with E-state index in [1.807, 2.05) is 18.2 Å². The zero-order valence-electron chi connectivity index (χ0n) is 15.6. The lowest BCUT2D eigenvalue weighted by molar-refractivity contribution is -0.0410. The Balaban J connectivity index is 1.64. The average molecular weight is 381 g/mol. The maximum atomic E-state index is 6.08. The maximum Gasteiger partial charge on any atom is 0.184 e. The average Bonchev–Trinajstić information content (AvgIpc) is 2.99. The summed E-state index contributed by atoms with van der Waals surface area (Å²) in [5, 5.41) is 15.3. The van der Waals surface area contributed by atoms with Crippen LogP contribution in [0.3, 0.4) is 0 Å². The minimum Gasteiger partial charge on any atom is -0.397 e. The predicted octanol–water partition coefficient (Wildman–Crippen LogP) is 1.79. The Morgan fingerprint density at radius 3 is 2.88 bits per heavy atom. The summed E-state index contributed by atoms with van der Waals surface area (Å²) in [5.74, 6) is 1.72. The lowest BCUT2D eigenvalue weighted by Crippen LogP contribution is -2.33. The largest absolute Gasteiger partial charge is 0.397 e. The first kappa shape index (κ1) is 18.9. The second-order valence-corrected chi connectivity index (χ2v) is 11.9. The van der Waals surface area contributed by atoms with Gasteiger partial charge in [-0.15, -0.1) is 5.10 Å². The highest BCUT2D eigenvalue weighted by atomic mass is 32.3. The molecule has 0 spiro atoms. The van der Waals surface area contributed by atoms with Gasteiger partial charge in [-0.1, -0.05) is 0 Å². The minimum absolute atomic E-state index is 0.265. The molecule has 144 valence electrons. The number of nitrogens with zero attached hydrogens (tertiary/aromatic N) is 4. The standard InChI is InChI=1S/C17H28N6O2S/c1-26(2,3)9-8-24-12-23-17(20-21-22-23)13-4-5-15(18)16(10-13)19-11-14-6-7-25-14/h4-5,10,14,19H,6-9,11-12,18H2,1-3H3/t14-/m0/s1. The topological polar surface area (TPSA) is 100 Å². The molecule has 0 aliphatic carbocycles. The van der Waals surface area contributed by atoms with Crippen molar-refractivity contribution in [3.8, 4) is 11.4 Å². The van der Waals surface area contributed by atoms with E-state index in [-0.39, 0.29) is 6.10 Å². The number of hydrogen-bond donors (Lipinski definition) is 2. The third-order valence-corrected chi connectivity index (χ3v) is 5.60. The molecule has 1 aliphatic heterocycles. The first-order chi connectivity index (χ1) is 12.4. The fourth-order valence-corrected chi connectivity index (χ4v) is 3.09. The Bertz CT molecular complexity index is 726. The van der Waals surface area contributed by atoms with Gasteiger partial charge in [0.1, 0.15) is 6.73 Å². The summed E-state index contributed by atoms with van der Waals surface area (Å²) in [5.41, 5.74) is 8.53. The van der Waals surface area contributed by atoms with Crippen molar-refractivity contribution in [3.63, 3.8) is 0 Å². The number of tetrazole rings is 1. The number of aromatic nitrogens is 4. The fraction of sp³-hybridized carbons (Fsp3) is 0.588. The van der Waals surface area contributed by atoms with Crippen molar-refractivity contribution in [1.29, 1.82) is 0 Å². The Morgan fingerprint density at radius 2 is 2.19 bits per heavy atom. The summed E-state index contributed by atoms with van der Waals surface area (Å²) in [6.07, 6.45) is 8.17. The summed E-state index contributed by atoms with van der Waals surface area (Å²) in [6, 6.07) is 5.75. The molecule has 1 atom stereocenters. The highest BCUT2D eigenvalue weighted by molar-refractivity contribution is 8.32. The van der Waals surface area contributed by atoms with Crippen molar-refractivity contribution in [2.45, 2.75) is 19.3 Å². The van der Waals surface area contributed by atoms with Crippen molar-refractivity contribution in [2.24, 2.45) is 0 Å². The molecule has 1 saturated heterocycles. The number of rotatable bonds is 9. The zero-order valence-corrected chi connectivity index (χ0v) is 16.5. The second kappa shape index (κ2) is 8.24. The van der Waals surface area contributed by atoms with Gasteiger partial charge in [0.05, 0.1) is 24.1 Å². The third kappa shape index (κ3) is 5.09. The molecule has 1 aromatic carbocycles. The van der Waals surface area contributed by atoms with Crippen LogP contribution in [0.2, 0.25) is 0 Å². The van der Waals surface area contributed by atoms with Crippen molar-refractivity contribution in [2.75, 3.05) is 55.3 Å². The van der Waals surface area contributed by atoms with Gasteiger partial charge in [-0.3, -0.25) is 0 Å². The van der Waals surface area contributed by atoms with Crippen molar-refractivity contribution < 1.29 is 9.47 Å². The van der Waals surface area contributed by atoms with Crippen LogP contribution >= 0.6 is 10.0 Å². The van der Waals surface area contributed by atoms with E-state index >= 15 is 0 Å². The van der Waals surface area contributed by atoms with E-state index in [2.05, 4.69) is 39.6 Å². The van der Waals surface area contributed by atoms with Gasteiger partial charge in [-0.2, -0.15) is 4.68 Å². The molecule has 0 radical (unpaired) electrons. The summed E-state index contributed by atoms with van der Waals surface area (Å²) in [7, 11) is -0.567. The molecule has 3 rings (SSSR count). The van der Waals surface area contributed by atoms with Gasteiger partial charge in [0.2, 0.25) is 0 Å². The Hall–Kier alpha value is -1.84. The molecular weight excluding hydrogens is 352 g/mol. The first-order valence-corrected chi connectivity index (χ1v) is 11.7. The van der Waals surface area contributed by atoms with Gasteiger partial charge >= 0.3 is 0 Å². The first-order valence-electron chi connectivity index (χ1n) is 8.68. The number of benzene rings is 1. The van der Waals surface area contributed by atoms with E-state index in [1.54, 1.807) is 4.68 Å². The molecule has 0 bridgehead atoms. The number of anilines is 2. The highest BCUT2D eigenvalue weighted by Gasteiger charge is 2.18. The Labute approximate surface area is 155 Å². The normalized spacial score (nSPS) is 17.7. The second-order valence-electron chi connectivity index (χ2n) is 7.30. The lowest BCUT2D eigenvalue weighted by Gasteiger charge is -2.27. The number of ether oxygens (including phenoxy) is 2. The molecule has 1 fully saturated rings. The van der Waals surface area contributed by atoms with Crippen LogP contribution in [0.4, 0.5) is 11.4 Å². The van der Waals surface area contributed by atoms with E-state index in [0.29, 0.717) is 24.8 Å². The highest BCUT2D eigenvalue weighted by Crippen LogP contribution is 2.33. The molecular formula is C17H28N6O2S. The number of hydrogen-bond acceptors (Lipinski definition) is 7. The smallest absolute Gasteiger partial charge is 0.184 e. The number of nitrogens with one attached hydrogen (secondary N) is 1. The molecule has 3 N–H and O–H groups in total. The van der Waals surface area contributed by atoms with E-state index in [1.165, 1.54) is 0 Å². The van der Waals surface area contributed by atoms with Crippen molar-refractivity contribution in [1.82, 2.24) is 20.2 Å². The van der Waals surface area contributed by atoms with E-state index in [4.69, 9.17) is 15.2 Å². The molecule has 1 aliphatic rings. The summed E-state index contributed by atoms with van der Waals surface area (Å²) in [4.78, 5) is 0. The molecule has 2 aromatic rings. The summed E-state index contributed by atoms with van der Waals surface area (Å²) < 4.78 is 12.9. The van der Waals surface area contributed by atoms with Gasteiger partial charge in [-0.05, 0) is 53.8 Å². The number of nitrogen functional groups attached to an aromatic ring is 1. The van der Waals surface area contributed by atoms with E-state index < -0.39 is 10.0 Å². The lowest BCUT2D eigenvalue weighted by atomic mass is 10.1. The molecule has 0 amide bonds. The molecule has 2 heterocycles. The molecule has 9 heteroatoms. The Kier molecular flexibility index (Phi) is 6.00. The van der Waals surface area contributed by atoms with Crippen molar-refractivity contribution >= 4 is 21.4 Å². The molecule has 8 nitrogen and oxygen atoms in total. The molecule has 26 heavy (non-hydrogen) atoms. The van der Waals surface area contributed by atoms with Crippen LogP contribution in [-0.4, -0.2) is 70.6 Å². The molecule has 0 unspecified atom stereocenters. The van der Waals surface area contributed by atoms with Gasteiger partial charge in [0.25, 0.3) is 0 Å². The SMILES string of the molecule is CS(C)(C)CCOCn1nnnc1-c1ccc(N)c(NC[C@@H]2CCO2)c1. The van der Waals surface area contributed by atoms with Gasteiger partial charge in [-0.25, -0.2) is 10.0 Å². The summed E-state index contributed by atoms with van der Waals surface area (Å²) >= 11 is 0. The Morgan fingerprint density at radius 1 is 1.38 bits per heavy atom. The monoisotopic (exact) mass is 380 g/mol. The van der Waals surface area contributed by atoms with Crippen LogP contribution in [0.5, 0.6) is 0 Å². The zero-order chi connectivity index (χ0) is 18.6. The number of nitrogens with two attached hydrogens (primary N) is 1. The van der Waals surface area contributed by atoms with Crippen LogP contribution in [0, 0.1) is 0 Å². The fourth-order valence-electron chi connectivity index (χ4n) is 2.48. The van der Waals surface area contributed by atoms with Gasteiger partial charge < -0.3 is 20.5 Å². The van der Waals surface area contributed by atoms with Crippen LogP contribution in [0.25, 0.3) is 11.4 Å². The van der Waals surface area contributed by atoms with Crippen LogP contribution < -0.4 is 11.1 Å².